The Kier molecular flexibility index (Phi) is 5.83. The normalized spacial score (nSPS) is 21.7. The van der Waals surface area contributed by atoms with Crippen molar-refractivity contribution in [3.05, 3.63) is 36.4 Å². The summed E-state index contributed by atoms with van der Waals surface area (Å²) in [5.41, 5.74) is 1.88. The molecule has 5 nitrogen and oxygen atoms in total. The van der Waals surface area contributed by atoms with Crippen LogP contribution in [0, 0.1) is 0 Å². The van der Waals surface area contributed by atoms with E-state index in [1.807, 2.05) is 31.2 Å². The van der Waals surface area contributed by atoms with Gasteiger partial charge in [0.1, 0.15) is 0 Å². The van der Waals surface area contributed by atoms with E-state index in [9.17, 15) is 4.21 Å². The quantitative estimate of drug-likeness (QED) is 0.765. The van der Waals surface area contributed by atoms with Crippen molar-refractivity contribution in [1.29, 1.82) is 0 Å². The number of hydrogen-bond donors (Lipinski definition) is 0. The molecule has 0 N–H and O–H groups in total. The van der Waals surface area contributed by atoms with Crippen molar-refractivity contribution in [3.63, 3.8) is 0 Å². The second-order valence-electron chi connectivity index (χ2n) is 7.43. The lowest BCUT2D eigenvalue weighted by molar-refractivity contribution is 0.313. The van der Waals surface area contributed by atoms with Crippen LogP contribution in [0.15, 0.2) is 41.3 Å². The second-order valence-corrected chi connectivity index (χ2v) is 9.17. The van der Waals surface area contributed by atoms with Gasteiger partial charge in [0.25, 0.3) is 0 Å². The van der Waals surface area contributed by atoms with Crippen LogP contribution in [0.5, 0.6) is 0 Å². The van der Waals surface area contributed by atoms with Gasteiger partial charge in [0, 0.05) is 35.3 Å². The van der Waals surface area contributed by atoms with E-state index in [2.05, 4.69) is 32.1 Å². The fourth-order valence-corrected chi connectivity index (χ4v) is 4.94. The van der Waals surface area contributed by atoms with Crippen molar-refractivity contribution in [2.45, 2.75) is 43.5 Å². The van der Waals surface area contributed by atoms with Crippen LogP contribution in [-0.4, -0.2) is 57.3 Å². The Morgan fingerprint density at radius 2 is 1.78 bits per heavy atom. The van der Waals surface area contributed by atoms with Gasteiger partial charge in [0.05, 0.1) is 16.5 Å². The molecule has 2 aromatic rings. The molecule has 0 amide bonds. The predicted molar refractivity (Wildman–Crippen MR) is 110 cm³/mol. The Morgan fingerprint density at radius 3 is 2.44 bits per heavy atom. The van der Waals surface area contributed by atoms with Crippen molar-refractivity contribution in [2.75, 3.05) is 36.8 Å². The summed E-state index contributed by atoms with van der Waals surface area (Å²) in [4.78, 5) is 5.89. The third kappa shape index (κ3) is 4.22. The number of likely N-dealkylation sites (tertiary alicyclic amines) is 1. The van der Waals surface area contributed by atoms with E-state index in [1.165, 1.54) is 38.8 Å². The Bertz CT molecular complexity index is 772. The smallest absolute Gasteiger partial charge is 0.151 e. The van der Waals surface area contributed by atoms with Gasteiger partial charge in [-0.2, -0.15) is 0 Å². The van der Waals surface area contributed by atoms with E-state index in [1.54, 1.807) is 0 Å². The van der Waals surface area contributed by atoms with Crippen LogP contribution in [-0.2, 0) is 10.8 Å². The largest absolute Gasteiger partial charge is 0.351 e. The van der Waals surface area contributed by atoms with Crippen LogP contribution in [0.2, 0.25) is 0 Å². The molecule has 2 fully saturated rings. The van der Waals surface area contributed by atoms with Gasteiger partial charge in [-0.15, -0.1) is 10.2 Å². The maximum atomic E-state index is 11.9. The van der Waals surface area contributed by atoms with Gasteiger partial charge < -0.3 is 9.80 Å². The first kappa shape index (κ1) is 18.6. The molecule has 2 atom stereocenters. The van der Waals surface area contributed by atoms with Gasteiger partial charge in [0.2, 0.25) is 0 Å². The average Bonchev–Trinajstić information content (AvgIpc) is 3.40. The zero-order valence-corrected chi connectivity index (χ0v) is 16.8. The van der Waals surface area contributed by atoms with E-state index in [-0.39, 0.29) is 0 Å². The Balaban J connectivity index is 1.45. The summed E-state index contributed by atoms with van der Waals surface area (Å²) in [5.74, 6) is 1.63. The van der Waals surface area contributed by atoms with E-state index < -0.39 is 10.8 Å². The monoisotopic (exact) mass is 384 g/mol. The molecule has 1 aromatic heterocycles. The fourth-order valence-electron chi connectivity index (χ4n) is 4.17. The van der Waals surface area contributed by atoms with Crippen LogP contribution in [0.4, 0.5) is 5.82 Å². The van der Waals surface area contributed by atoms with Crippen LogP contribution >= 0.6 is 0 Å². The number of anilines is 1. The summed E-state index contributed by atoms with van der Waals surface area (Å²) in [6, 6.07) is 12.5. The van der Waals surface area contributed by atoms with Crippen molar-refractivity contribution < 1.29 is 4.21 Å². The third-order valence-electron chi connectivity index (χ3n) is 5.66. The minimum absolute atomic E-state index is 0.562. The molecule has 2 aliphatic heterocycles. The lowest BCUT2D eigenvalue weighted by Gasteiger charge is -2.29. The highest BCUT2D eigenvalue weighted by Crippen LogP contribution is 2.26. The predicted octanol–water partition coefficient (Wildman–Crippen LogP) is 3.34. The highest BCUT2D eigenvalue weighted by molar-refractivity contribution is 7.85. The minimum atomic E-state index is -0.914. The van der Waals surface area contributed by atoms with Crippen LogP contribution in [0.3, 0.4) is 0 Å². The van der Waals surface area contributed by atoms with Crippen molar-refractivity contribution in [3.8, 4) is 11.3 Å². The molecule has 2 aliphatic rings. The second kappa shape index (κ2) is 8.48. The van der Waals surface area contributed by atoms with E-state index in [4.69, 9.17) is 0 Å². The van der Waals surface area contributed by atoms with Crippen molar-refractivity contribution in [1.82, 2.24) is 15.1 Å². The maximum absolute atomic E-state index is 11.9. The topological polar surface area (TPSA) is 49.3 Å². The summed E-state index contributed by atoms with van der Waals surface area (Å²) in [6.45, 7) is 6.65. The average molecular weight is 385 g/mol. The first-order valence-corrected chi connectivity index (χ1v) is 11.4. The fraction of sp³-hybridized carbons (Fsp3) is 0.524. The first-order valence-electron chi connectivity index (χ1n) is 10.1. The van der Waals surface area contributed by atoms with Crippen LogP contribution < -0.4 is 4.90 Å². The Labute approximate surface area is 164 Å². The van der Waals surface area contributed by atoms with Crippen LogP contribution in [0.1, 0.15) is 32.6 Å². The molecule has 0 spiro atoms. The molecule has 6 heteroatoms. The molecule has 0 radical (unpaired) electrons. The number of nitrogens with zero attached hydrogens (tertiary/aromatic N) is 4. The third-order valence-corrected chi connectivity index (χ3v) is 6.99. The Morgan fingerprint density at radius 1 is 1.00 bits per heavy atom. The molecule has 0 saturated carbocycles. The molecule has 2 saturated heterocycles. The molecular weight excluding hydrogens is 356 g/mol. The number of benzene rings is 1. The molecule has 1 unspecified atom stereocenters. The molecule has 0 aliphatic carbocycles. The van der Waals surface area contributed by atoms with Gasteiger partial charge in [-0.05, 0) is 63.0 Å². The summed E-state index contributed by atoms with van der Waals surface area (Å²) in [6.07, 6.45) is 5.16. The number of aromatic nitrogens is 2. The molecule has 4 rings (SSSR count). The lowest BCUT2D eigenvalue weighted by atomic mass is 10.1. The first-order chi connectivity index (χ1) is 13.2. The molecule has 27 heavy (non-hydrogen) atoms. The van der Waals surface area contributed by atoms with Gasteiger partial charge in [-0.1, -0.05) is 19.1 Å². The van der Waals surface area contributed by atoms with Crippen molar-refractivity contribution >= 4 is 16.6 Å². The van der Waals surface area contributed by atoms with E-state index >= 15 is 0 Å². The maximum Gasteiger partial charge on any atom is 0.151 e. The van der Waals surface area contributed by atoms with Crippen LogP contribution in [0.25, 0.3) is 11.3 Å². The molecular formula is C21H28N4OS. The molecule has 0 bridgehead atoms. The standard InChI is InChI=1S/C21H28N4OS/c1-2-27(26)19-9-7-17(8-10-19)20-11-12-21(23-22-20)25-15-5-6-18(25)16-24-13-3-4-14-24/h7-12,18H,2-6,13-16H2,1H3/t18?,27-/m0/s1. The minimum Gasteiger partial charge on any atom is -0.351 e. The Hall–Kier alpha value is -1.79. The number of hydrogen-bond acceptors (Lipinski definition) is 5. The highest BCUT2D eigenvalue weighted by Gasteiger charge is 2.28. The van der Waals surface area contributed by atoms with Gasteiger partial charge in [0.15, 0.2) is 5.82 Å². The lowest BCUT2D eigenvalue weighted by Crippen LogP contribution is -2.39. The highest BCUT2D eigenvalue weighted by atomic mass is 32.2. The molecule has 3 heterocycles. The van der Waals surface area contributed by atoms with Gasteiger partial charge >= 0.3 is 0 Å². The summed E-state index contributed by atoms with van der Waals surface area (Å²) >= 11 is 0. The zero-order valence-electron chi connectivity index (χ0n) is 16.0. The van der Waals surface area contributed by atoms with Gasteiger partial charge in [-0.25, -0.2) is 0 Å². The number of rotatable bonds is 6. The summed E-state index contributed by atoms with van der Waals surface area (Å²) < 4.78 is 11.9. The van der Waals surface area contributed by atoms with E-state index in [0.29, 0.717) is 11.8 Å². The van der Waals surface area contributed by atoms with Crippen molar-refractivity contribution in [2.24, 2.45) is 0 Å². The molecule has 144 valence electrons. The van der Waals surface area contributed by atoms with E-state index in [0.717, 1.165) is 35.1 Å². The molecule has 1 aromatic carbocycles. The summed E-state index contributed by atoms with van der Waals surface area (Å²) in [5, 5.41) is 9.01. The summed E-state index contributed by atoms with van der Waals surface area (Å²) in [7, 11) is -0.914. The van der Waals surface area contributed by atoms with Gasteiger partial charge in [-0.3, -0.25) is 4.21 Å². The SMILES string of the molecule is CC[S@](=O)c1ccc(-c2ccc(N3CCCC3CN3CCCC3)nn2)cc1. The zero-order chi connectivity index (χ0) is 18.6.